The van der Waals surface area contributed by atoms with Crippen molar-refractivity contribution in [2.45, 2.75) is 12.8 Å². The molecule has 53 heavy (non-hydrogen) atoms. The van der Waals surface area contributed by atoms with E-state index in [0.717, 1.165) is 91.0 Å². The fourth-order valence-electron chi connectivity index (χ4n) is 7.28. The maximum absolute atomic E-state index is 5.19. The third-order valence-electron chi connectivity index (χ3n) is 9.99. The Morgan fingerprint density at radius 2 is 1.26 bits per heavy atom. The van der Waals surface area contributed by atoms with E-state index in [1.807, 2.05) is 48.7 Å². The summed E-state index contributed by atoms with van der Waals surface area (Å²) in [5.41, 5.74) is 13.9. The van der Waals surface area contributed by atoms with Crippen LogP contribution in [0.3, 0.4) is 0 Å². The van der Waals surface area contributed by atoms with Crippen LogP contribution in [0.4, 0.5) is 0 Å². The van der Waals surface area contributed by atoms with Crippen molar-refractivity contribution in [2.75, 3.05) is 0 Å². The van der Waals surface area contributed by atoms with Crippen molar-refractivity contribution >= 4 is 33.2 Å². The zero-order chi connectivity index (χ0) is 35.1. The van der Waals surface area contributed by atoms with Crippen LogP contribution in [0.25, 0.3) is 89.6 Å². The number of nitrogens with zero attached hydrogens (tertiary/aromatic N) is 6. The lowest BCUT2D eigenvalue weighted by molar-refractivity contribution is 1.05. The zero-order valence-corrected chi connectivity index (χ0v) is 28.8. The lowest BCUT2D eigenvalue weighted by Crippen LogP contribution is -1.97. The average Bonchev–Trinajstić information content (AvgIpc) is 3.63. The number of hydrogen-bond acceptors (Lipinski definition) is 5. The number of rotatable bonds is 6. The van der Waals surface area contributed by atoms with E-state index in [9.17, 15) is 0 Å². The molecule has 0 fully saturated rings. The summed E-state index contributed by atoms with van der Waals surface area (Å²) in [6, 6.07) is 48.2. The molecule has 0 amide bonds. The number of allylic oxidation sites excluding steroid dienone is 4. The Morgan fingerprint density at radius 1 is 0.509 bits per heavy atom. The van der Waals surface area contributed by atoms with Gasteiger partial charge in [-0.2, -0.15) is 0 Å². The molecule has 9 aromatic rings. The Balaban J connectivity index is 1.02. The molecule has 6 nitrogen and oxygen atoms in total. The molecule has 0 saturated carbocycles. The van der Waals surface area contributed by atoms with Crippen LogP contribution in [0.1, 0.15) is 18.4 Å². The molecule has 0 unspecified atom stereocenters. The molecule has 10 rings (SSSR count). The number of pyridine rings is 3. The molecule has 0 atom stereocenters. The van der Waals surface area contributed by atoms with E-state index in [1.54, 1.807) is 6.20 Å². The van der Waals surface area contributed by atoms with Crippen LogP contribution >= 0.6 is 0 Å². The first-order valence-electron chi connectivity index (χ1n) is 17.9. The molecule has 6 heteroatoms. The predicted molar refractivity (Wildman–Crippen MR) is 215 cm³/mol. The summed E-state index contributed by atoms with van der Waals surface area (Å²) in [5.74, 6) is 0.671. The first kappa shape index (κ1) is 30.7. The Hall–Kier alpha value is -7.05. The van der Waals surface area contributed by atoms with Gasteiger partial charge in [-0.15, -0.1) is 0 Å². The molecule has 0 spiro atoms. The van der Waals surface area contributed by atoms with Gasteiger partial charge in [-0.25, -0.2) is 19.9 Å². The molecule has 0 bridgehead atoms. The van der Waals surface area contributed by atoms with Crippen molar-refractivity contribution in [2.24, 2.45) is 0 Å². The number of hydrogen-bond donors (Lipinski definition) is 0. The molecule has 1 aliphatic carbocycles. The highest BCUT2D eigenvalue weighted by Crippen LogP contribution is 2.35. The average molecular weight is 681 g/mol. The summed E-state index contributed by atoms with van der Waals surface area (Å²) in [4.78, 5) is 24.9. The summed E-state index contributed by atoms with van der Waals surface area (Å²) < 4.78 is 2.06. The molecule has 1 aliphatic rings. The van der Waals surface area contributed by atoms with E-state index < -0.39 is 0 Å². The van der Waals surface area contributed by atoms with E-state index in [0.29, 0.717) is 5.82 Å². The van der Waals surface area contributed by atoms with Gasteiger partial charge in [0.25, 0.3) is 0 Å². The Labute approximate surface area is 306 Å². The van der Waals surface area contributed by atoms with Gasteiger partial charge in [0.1, 0.15) is 11.2 Å². The topological polar surface area (TPSA) is 68.9 Å². The van der Waals surface area contributed by atoms with Crippen LogP contribution in [-0.2, 0) is 0 Å². The van der Waals surface area contributed by atoms with Crippen LogP contribution in [-0.4, -0.2) is 29.3 Å². The van der Waals surface area contributed by atoms with Gasteiger partial charge in [0, 0.05) is 39.9 Å². The minimum absolute atomic E-state index is 0.671. The summed E-state index contributed by atoms with van der Waals surface area (Å²) in [6.45, 7) is 0. The Bertz CT molecular complexity index is 2870. The van der Waals surface area contributed by atoms with Crippen LogP contribution in [0, 0.1) is 0 Å². The lowest BCUT2D eigenvalue weighted by atomic mass is 9.96. The van der Waals surface area contributed by atoms with E-state index in [-0.39, 0.29) is 0 Å². The highest BCUT2D eigenvalue weighted by Gasteiger charge is 2.16. The van der Waals surface area contributed by atoms with Crippen LogP contribution in [0.5, 0.6) is 0 Å². The second-order valence-electron chi connectivity index (χ2n) is 13.3. The predicted octanol–water partition coefficient (Wildman–Crippen LogP) is 11.3. The maximum Gasteiger partial charge on any atom is 0.165 e. The normalized spacial score (nSPS) is 12.8. The highest BCUT2D eigenvalue weighted by molar-refractivity contribution is 6.09. The van der Waals surface area contributed by atoms with E-state index >= 15 is 0 Å². The zero-order valence-electron chi connectivity index (χ0n) is 28.8. The molecule has 5 aromatic heterocycles. The molecule has 250 valence electrons. The molecule has 0 saturated heterocycles. The van der Waals surface area contributed by atoms with Crippen LogP contribution in [0.2, 0.25) is 0 Å². The second kappa shape index (κ2) is 12.9. The van der Waals surface area contributed by atoms with Crippen LogP contribution in [0.15, 0.2) is 170 Å². The van der Waals surface area contributed by atoms with Gasteiger partial charge >= 0.3 is 0 Å². The van der Waals surface area contributed by atoms with Gasteiger partial charge < -0.3 is 0 Å². The third-order valence-corrected chi connectivity index (χ3v) is 9.99. The molecular formula is C47H32N6. The van der Waals surface area contributed by atoms with Gasteiger partial charge in [-0.1, -0.05) is 121 Å². The smallest absolute Gasteiger partial charge is 0.165 e. The minimum atomic E-state index is 0.671. The van der Waals surface area contributed by atoms with Crippen molar-refractivity contribution in [3.05, 3.63) is 176 Å². The van der Waals surface area contributed by atoms with Crippen molar-refractivity contribution in [3.63, 3.8) is 0 Å². The Kier molecular flexibility index (Phi) is 7.50. The Morgan fingerprint density at radius 3 is 2.09 bits per heavy atom. The van der Waals surface area contributed by atoms with Gasteiger partial charge in [-0.05, 0) is 71.5 Å². The van der Waals surface area contributed by atoms with Crippen molar-refractivity contribution < 1.29 is 0 Å². The maximum atomic E-state index is 5.19. The number of imidazole rings is 1. The highest BCUT2D eigenvalue weighted by atomic mass is 15.1. The molecule has 0 N–H and O–H groups in total. The summed E-state index contributed by atoms with van der Waals surface area (Å²) >= 11 is 0. The van der Waals surface area contributed by atoms with Gasteiger partial charge in [-0.3, -0.25) is 9.38 Å². The summed E-state index contributed by atoms with van der Waals surface area (Å²) in [6.07, 6.45) is 12.5. The molecule has 5 heterocycles. The molecule has 0 radical (unpaired) electrons. The van der Waals surface area contributed by atoms with Crippen molar-refractivity contribution in [1.29, 1.82) is 0 Å². The fourth-order valence-corrected chi connectivity index (χ4v) is 7.28. The summed E-state index contributed by atoms with van der Waals surface area (Å²) in [7, 11) is 0. The number of aromatic nitrogens is 6. The van der Waals surface area contributed by atoms with E-state index in [4.69, 9.17) is 19.9 Å². The van der Waals surface area contributed by atoms with Gasteiger partial charge in [0.15, 0.2) is 11.5 Å². The number of benzene rings is 4. The van der Waals surface area contributed by atoms with E-state index in [2.05, 4.69) is 125 Å². The van der Waals surface area contributed by atoms with Gasteiger partial charge in [0.2, 0.25) is 0 Å². The monoisotopic (exact) mass is 680 g/mol. The molecule has 4 aromatic carbocycles. The van der Waals surface area contributed by atoms with E-state index in [1.165, 1.54) is 11.1 Å². The minimum Gasteiger partial charge on any atom is -0.284 e. The number of fused-ring (bicyclic) bond motifs is 5. The van der Waals surface area contributed by atoms with Crippen LogP contribution < -0.4 is 0 Å². The molecule has 0 aliphatic heterocycles. The third kappa shape index (κ3) is 5.67. The van der Waals surface area contributed by atoms with Gasteiger partial charge in [0.05, 0.1) is 22.8 Å². The lowest BCUT2D eigenvalue weighted by Gasteiger charge is -2.12. The standard InChI is InChI=1S/C47H32N6/c1-2-11-31(12-3-1)32-21-25-35(26-22-32)46-49-41(30-42(50-46)40-17-6-8-27-48-40)37-14-10-13-36(29-37)33-19-23-34(24-20-33)44-38-15-4-5-16-39(38)45-47(52-44)53-28-9-7-18-43(53)51-45/h1-2,4-11,13-30H,3,12H2. The second-order valence-corrected chi connectivity index (χ2v) is 13.3. The van der Waals surface area contributed by atoms with Crippen molar-refractivity contribution in [3.8, 4) is 56.4 Å². The summed E-state index contributed by atoms with van der Waals surface area (Å²) in [5, 5.41) is 2.18. The largest absolute Gasteiger partial charge is 0.284 e. The van der Waals surface area contributed by atoms with Crippen molar-refractivity contribution in [1.82, 2.24) is 29.3 Å². The SMILES string of the molecule is C1=CCCC(c2ccc(-c3nc(-c4cccc(-c5ccc(-c6nc7c(nc8ccccn87)c7ccccc67)cc5)c4)cc(-c4ccccn4)n3)cc2)=C1. The first-order valence-corrected chi connectivity index (χ1v) is 17.9. The molecular weight excluding hydrogens is 649 g/mol. The fraction of sp³-hybridized carbons (Fsp3) is 0.0426. The first-order chi connectivity index (χ1) is 26.2. The quantitative estimate of drug-likeness (QED) is 0.175.